The number of H-pyrrole nitrogens is 1. The van der Waals surface area contributed by atoms with Gasteiger partial charge in [-0.2, -0.15) is 0 Å². The van der Waals surface area contributed by atoms with Crippen LogP contribution in [0.5, 0.6) is 5.75 Å². The van der Waals surface area contributed by atoms with Crippen LogP contribution in [0.2, 0.25) is 0 Å². The molecule has 7 nitrogen and oxygen atoms in total. The van der Waals surface area contributed by atoms with E-state index in [1.165, 1.54) is 0 Å². The molecule has 1 aromatic heterocycles. The molecule has 0 radical (unpaired) electrons. The van der Waals surface area contributed by atoms with Gasteiger partial charge in [0.1, 0.15) is 11.6 Å². The fraction of sp³-hybridized carbons (Fsp3) is 0.222. The molecule has 0 saturated heterocycles. The van der Waals surface area contributed by atoms with Gasteiger partial charge in [-0.1, -0.05) is 6.92 Å². The Labute approximate surface area is 153 Å². The van der Waals surface area contributed by atoms with Gasteiger partial charge in [-0.05, 0) is 42.8 Å². The van der Waals surface area contributed by atoms with Crippen molar-refractivity contribution < 1.29 is 13.7 Å². The molecule has 2 amide bonds. The minimum atomic E-state index is -1.05. The third-order valence-electron chi connectivity index (χ3n) is 3.83. The number of methoxy groups -OCH3 is 1. The van der Waals surface area contributed by atoms with Crippen LogP contribution in [0.25, 0.3) is 22.4 Å². The predicted octanol–water partition coefficient (Wildman–Crippen LogP) is 3.25. The van der Waals surface area contributed by atoms with Crippen LogP contribution in [-0.2, 0) is 10.8 Å². The van der Waals surface area contributed by atoms with Gasteiger partial charge in [-0.25, -0.2) is 9.78 Å². The molecule has 0 spiro atoms. The SMILES string of the molecule is CCCS(=O)c1ccc(-c2nc3ccc(NC(N)=O)cc3[nH]2)c(OC)c1. The number of aromatic amines is 1. The summed E-state index contributed by atoms with van der Waals surface area (Å²) in [6.45, 7) is 2.00. The van der Waals surface area contributed by atoms with Crippen molar-refractivity contribution in [2.45, 2.75) is 18.2 Å². The summed E-state index contributed by atoms with van der Waals surface area (Å²) >= 11 is 0. The molecule has 1 atom stereocenters. The number of benzene rings is 2. The van der Waals surface area contributed by atoms with Crippen molar-refractivity contribution in [3.63, 3.8) is 0 Å². The highest BCUT2D eigenvalue weighted by Gasteiger charge is 2.14. The van der Waals surface area contributed by atoms with Crippen LogP contribution < -0.4 is 15.8 Å². The second kappa shape index (κ2) is 7.57. The number of urea groups is 1. The second-order valence-electron chi connectivity index (χ2n) is 5.72. The van der Waals surface area contributed by atoms with Crippen LogP contribution in [0.4, 0.5) is 10.5 Å². The molecule has 1 heterocycles. The van der Waals surface area contributed by atoms with E-state index in [-0.39, 0.29) is 0 Å². The lowest BCUT2D eigenvalue weighted by Gasteiger charge is -2.08. The summed E-state index contributed by atoms with van der Waals surface area (Å²) in [6, 6.07) is 10.1. The molecule has 0 bridgehead atoms. The molecule has 3 rings (SSSR count). The summed E-state index contributed by atoms with van der Waals surface area (Å²) < 4.78 is 17.7. The number of carbonyl (C=O) groups excluding carboxylic acids is 1. The Hall–Kier alpha value is -2.87. The van der Waals surface area contributed by atoms with Gasteiger partial charge >= 0.3 is 6.03 Å². The Kier molecular flexibility index (Phi) is 5.22. The topological polar surface area (TPSA) is 110 Å². The van der Waals surface area contributed by atoms with Crippen molar-refractivity contribution in [2.75, 3.05) is 18.2 Å². The van der Waals surface area contributed by atoms with Crippen molar-refractivity contribution in [2.24, 2.45) is 5.73 Å². The second-order valence-corrected chi connectivity index (χ2v) is 7.29. The average molecular weight is 372 g/mol. The third-order valence-corrected chi connectivity index (χ3v) is 5.39. The largest absolute Gasteiger partial charge is 0.496 e. The van der Waals surface area contributed by atoms with E-state index in [4.69, 9.17) is 10.5 Å². The molecule has 0 saturated carbocycles. The molecule has 0 aliphatic heterocycles. The van der Waals surface area contributed by atoms with Gasteiger partial charge in [0.25, 0.3) is 0 Å². The van der Waals surface area contributed by atoms with E-state index < -0.39 is 16.8 Å². The number of hydrogen-bond acceptors (Lipinski definition) is 4. The van der Waals surface area contributed by atoms with Crippen molar-refractivity contribution in [1.82, 2.24) is 9.97 Å². The Morgan fingerprint density at radius 3 is 2.81 bits per heavy atom. The van der Waals surface area contributed by atoms with Crippen LogP contribution in [0.1, 0.15) is 13.3 Å². The fourth-order valence-electron chi connectivity index (χ4n) is 2.67. The van der Waals surface area contributed by atoms with E-state index in [1.807, 2.05) is 19.1 Å². The molecular formula is C18H20N4O3S. The van der Waals surface area contributed by atoms with Crippen molar-refractivity contribution in [3.05, 3.63) is 36.4 Å². The van der Waals surface area contributed by atoms with Crippen molar-refractivity contribution >= 4 is 33.6 Å². The Bertz CT molecular complexity index is 984. The molecular weight excluding hydrogens is 352 g/mol. The number of ether oxygens (including phenoxy) is 1. The van der Waals surface area contributed by atoms with Crippen LogP contribution in [-0.4, -0.2) is 33.1 Å². The number of nitrogens with one attached hydrogen (secondary N) is 2. The highest BCUT2D eigenvalue weighted by atomic mass is 32.2. The number of amides is 2. The molecule has 136 valence electrons. The molecule has 4 N–H and O–H groups in total. The number of imidazole rings is 1. The summed E-state index contributed by atoms with van der Waals surface area (Å²) in [6.07, 6.45) is 0.849. The van der Waals surface area contributed by atoms with E-state index in [2.05, 4.69) is 15.3 Å². The van der Waals surface area contributed by atoms with Gasteiger partial charge in [-0.15, -0.1) is 0 Å². The third kappa shape index (κ3) is 3.70. The monoisotopic (exact) mass is 372 g/mol. The Morgan fingerprint density at radius 1 is 1.31 bits per heavy atom. The number of rotatable bonds is 6. The number of carbonyl (C=O) groups is 1. The van der Waals surface area contributed by atoms with Gasteiger partial charge in [0.05, 0.1) is 34.5 Å². The number of primary amides is 1. The highest BCUT2D eigenvalue weighted by Crippen LogP contribution is 2.32. The van der Waals surface area contributed by atoms with Gasteiger partial charge < -0.3 is 20.8 Å². The number of hydrogen-bond donors (Lipinski definition) is 3. The van der Waals surface area contributed by atoms with E-state index in [0.717, 1.165) is 27.9 Å². The highest BCUT2D eigenvalue weighted by molar-refractivity contribution is 7.85. The zero-order chi connectivity index (χ0) is 18.7. The zero-order valence-electron chi connectivity index (χ0n) is 14.5. The molecule has 0 aliphatic carbocycles. The molecule has 8 heteroatoms. The van der Waals surface area contributed by atoms with Crippen LogP contribution in [0.3, 0.4) is 0 Å². The number of anilines is 1. The molecule has 0 fully saturated rings. The van der Waals surface area contributed by atoms with E-state index >= 15 is 0 Å². The first-order valence-corrected chi connectivity index (χ1v) is 9.46. The molecule has 0 aliphatic rings. The predicted molar refractivity (Wildman–Crippen MR) is 103 cm³/mol. The normalized spacial score (nSPS) is 12.1. The number of fused-ring (bicyclic) bond motifs is 1. The maximum absolute atomic E-state index is 12.2. The smallest absolute Gasteiger partial charge is 0.316 e. The number of aromatic nitrogens is 2. The van der Waals surface area contributed by atoms with Crippen molar-refractivity contribution in [3.8, 4) is 17.1 Å². The summed E-state index contributed by atoms with van der Waals surface area (Å²) in [5.41, 5.74) is 8.00. The standard InChI is InChI=1S/C18H20N4O3S/c1-3-8-26(24)12-5-6-13(16(10-12)25-2)17-21-14-7-4-11(20-18(19)23)9-15(14)22-17/h4-7,9-10H,3,8H2,1-2H3,(H,21,22)(H3,19,20,23). The number of nitrogens with two attached hydrogens (primary N) is 1. The van der Waals surface area contributed by atoms with Crippen molar-refractivity contribution in [1.29, 1.82) is 0 Å². The van der Waals surface area contributed by atoms with Gasteiger partial charge in [-0.3, -0.25) is 4.21 Å². The zero-order valence-corrected chi connectivity index (χ0v) is 15.4. The lowest BCUT2D eigenvalue weighted by molar-refractivity contribution is 0.259. The molecule has 2 aromatic carbocycles. The maximum Gasteiger partial charge on any atom is 0.316 e. The summed E-state index contributed by atoms with van der Waals surface area (Å²) in [7, 11) is 0.526. The van der Waals surface area contributed by atoms with Gasteiger partial charge in [0, 0.05) is 16.3 Å². The molecule has 3 aromatic rings. The Morgan fingerprint density at radius 2 is 2.12 bits per heavy atom. The maximum atomic E-state index is 12.2. The van der Waals surface area contributed by atoms with E-state index in [1.54, 1.807) is 31.4 Å². The summed E-state index contributed by atoms with van der Waals surface area (Å²) in [5, 5.41) is 2.53. The molecule has 26 heavy (non-hydrogen) atoms. The van der Waals surface area contributed by atoms with Crippen LogP contribution in [0.15, 0.2) is 41.3 Å². The quantitative estimate of drug-likeness (QED) is 0.617. The minimum Gasteiger partial charge on any atom is -0.496 e. The first-order valence-electron chi connectivity index (χ1n) is 8.15. The average Bonchev–Trinajstić information content (AvgIpc) is 3.03. The fourth-order valence-corrected chi connectivity index (χ4v) is 3.73. The lowest BCUT2D eigenvalue weighted by Crippen LogP contribution is -2.19. The lowest BCUT2D eigenvalue weighted by atomic mass is 10.2. The first-order chi connectivity index (χ1) is 12.5. The summed E-state index contributed by atoms with van der Waals surface area (Å²) in [5.74, 6) is 1.84. The van der Waals surface area contributed by atoms with Gasteiger partial charge in [0.15, 0.2) is 0 Å². The first kappa shape index (κ1) is 17.9. The van der Waals surface area contributed by atoms with Crippen LogP contribution >= 0.6 is 0 Å². The Balaban J connectivity index is 1.99. The van der Waals surface area contributed by atoms with Gasteiger partial charge in [0.2, 0.25) is 0 Å². The van der Waals surface area contributed by atoms with Crippen LogP contribution in [0, 0.1) is 0 Å². The number of nitrogens with zero attached hydrogens (tertiary/aromatic N) is 1. The van der Waals surface area contributed by atoms with E-state index in [9.17, 15) is 9.00 Å². The van der Waals surface area contributed by atoms with E-state index in [0.29, 0.717) is 23.0 Å². The summed E-state index contributed by atoms with van der Waals surface area (Å²) in [4.78, 5) is 19.5. The minimum absolute atomic E-state index is 0.581. The molecule has 1 unspecified atom stereocenters.